The molecule has 0 aliphatic heterocycles. The Balaban J connectivity index is 2.45. The molecule has 0 heterocycles. The Morgan fingerprint density at radius 1 is 1.21 bits per heavy atom. The van der Waals surface area contributed by atoms with Gasteiger partial charge in [-0.1, -0.05) is 43.7 Å². The molecule has 1 aromatic rings. The van der Waals surface area contributed by atoms with E-state index in [0.29, 0.717) is 0 Å². The van der Waals surface area contributed by atoms with Crippen LogP contribution < -0.4 is 0 Å². The zero-order valence-corrected chi connectivity index (χ0v) is 12.2. The van der Waals surface area contributed by atoms with Crippen LogP contribution in [0.3, 0.4) is 0 Å². The van der Waals surface area contributed by atoms with Crippen molar-refractivity contribution in [1.29, 1.82) is 0 Å². The molecule has 19 heavy (non-hydrogen) atoms. The van der Waals surface area contributed by atoms with E-state index in [1.807, 2.05) is 0 Å². The van der Waals surface area contributed by atoms with Gasteiger partial charge in [0.2, 0.25) is 0 Å². The first kappa shape index (κ1) is 13.9. The van der Waals surface area contributed by atoms with Crippen molar-refractivity contribution < 1.29 is 9.53 Å². The summed E-state index contributed by atoms with van der Waals surface area (Å²) >= 11 is 0. The van der Waals surface area contributed by atoms with E-state index in [4.69, 9.17) is 4.74 Å². The van der Waals surface area contributed by atoms with Gasteiger partial charge >= 0.3 is 5.97 Å². The van der Waals surface area contributed by atoms with Crippen LogP contribution in [-0.2, 0) is 9.53 Å². The molecule has 0 amide bonds. The van der Waals surface area contributed by atoms with Gasteiger partial charge in [0.15, 0.2) is 0 Å². The molecule has 0 spiro atoms. The lowest BCUT2D eigenvalue weighted by Crippen LogP contribution is -2.22. The smallest absolute Gasteiger partial charge is 0.334 e. The fourth-order valence-corrected chi connectivity index (χ4v) is 2.68. The summed E-state index contributed by atoms with van der Waals surface area (Å²) in [5, 5.41) is 0. The highest BCUT2D eigenvalue weighted by Crippen LogP contribution is 2.42. The predicted octanol–water partition coefficient (Wildman–Crippen LogP) is 4.13. The summed E-state index contributed by atoms with van der Waals surface area (Å²) < 4.78 is 4.96. The molecule has 1 aromatic carbocycles. The first-order valence-corrected chi connectivity index (χ1v) is 6.80. The number of hydrogen-bond donors (Lipinski definition) is 0. The molecule has 0 N–H and O–H groups in total. The van der Waals surface area contributed by atoms with E-state index in [1.54, 1.807) is 0 Å². The molecule has 1 aliphatic carbocycles. The van der Waals surface area contributed by atoms with Crippen LogP contribution in [0.25, 0.3) is 5.57 Å². The zero-order valence-electron chi connectivity index (χ0n) is 12.2. The van der Waals surface area contributed by atoms with Crippen molar-refractivity contribution in [2.45, 2.75) is 40.0 Å². The molecule has 0 radical (unpaired) electrons. The first-order valence-electron chi connectivity index (χ1n) is 6.80. The fourth-order valence-electron chi connectivity index (χ4n) is 2.68. The predicted molar refractivity (Wildman–Crippen MR) is 77.7 cm³/mol. The molecular weight excluding hydrogens is 236 g/mol. The highest BCUT2D eigenvalue weighted by atomic mass is 16.5. The minimum atomic E-state index is -0.177. The quantitative estimate of drug-likeness (QED) is 0.745. The molecule has 0 aromatic heterocycles. The Bertz CT molecular complexity index is 507. The third-order valence-corrected chi connectivity index (χ3v) is 3.90. The SMILES string of the molecule is COC(=O)C1=C(c2ccc(C)cc2)CCC(C)(C)C1. The van der Waals surface area contributed by atoms with Crippen LogP contribution in [0.5, 0.6) is 0 Å². The second-order valence-corrected chi connectivity index (χ2v) is 6.16. The van der Waals surface area contributed by atoms with Crippen molar-refractivity contribution in [2.75, 3.05) is 7.11 Å². The lowest BCUT2D eigenvalue weighted by Gasteiger charge is -2.32. The Morgan fingerprint density at radius 2 is 1.84 bits per heavy atom. The molecule has 102 valence electrons. The summed E-state index contributed by atoms with van der Waals surface area (Å²) in [4.78, 5) is 12.0. The molecule has 2 rings (SSSR count). The molecule has 1 aliphatic rings. The zero-order chi connectivity index (χ0) is 14.0. The van der Waals surface area contributed by atoms with Gasteiger partial charge in [-0.2, -0.15) is 0 Å². The average Bonchev–Trinajstić information content (AvgIpc) is 2.38. The van der Waals surface area contributed by atoms with Gasteiger partial charge in [-0.05, 0) is 42.7 Å². The number of carbonyl (C=O) groups excluding carboxylic acids is 1. The lowest BCUT2D eigenvalue weighted by atomic mass is 9.73. The largest absolute Gasteiger partial charge is 0.466 e. The highest BCUT2D eigenvalue weighted by molar-refractivity contribution is 5.98. The monoisotopic (exact) mass is 258 g/mol. The molecule has 0 unspecified atom stereocenters. The summed E-state index contributed by atoms with van der Waals surface area (Å²) in [5.41, 5.74) is 4.58. The van der Waals surface area contributed by atoms with Gasteiger partial charge in [0.25, 0.3) is 0 Å². The molecule has 2 nitrogen and oxygen atoms in total. The number of rotatable bonds is 2. The summed E-state index contributed by atoms with van der Waals surface area (Å²) in [5.74, 6) is -0.177. The van der Waals surface area contributed by atoms with Crippen LogP contribution in [-0.4, -0.2) is 13.1 Å². The van der Waals surface area contributed by atoms with Crippen molar-refractivity contribution in [3.05, 3.63) is 41.0 Å². The number of benzene rings is 1. The van der Waals surface area contributed by atoms with Crippen molar-refractivity contribution >= 4 is 11.5 Å². The summed E-state index contributed by atoms with van der Waals surface area (Å²) in [6, 6.07) is 8.39. The van der Waals surface area contributed by atoms with E-state index in [0.717, 1.165) is 36.0 Å². The van der Waals surface area contributed by atoms with Gasteiger partial charge < -0.3 is 4.74 Å². The van der Waals surface area contributed by atoms with E-state index < -0.39 is 0 Å². The minimum Gasteiger partial charge on any atom is -0.466 e. The van der Waals surface area contributed by atoms with Crippen LogP contribution in [0.15, 0.2) is 29.8 Å². The molecule has 2 heteroatoms. The number of allylic oxidation sites excluding steroid dienone is 1. The Hall–Kier alpha value is -1.57. The highest BCUT2D eigenvalue weighted by Gasteiger charge is 2.31. The number of ether oxygens (including phenoxy) is 1. The van der Waals surface area contributed by atoms with Crippen LogP contribution in [0.1, 0.15) is 44.2 Å². The summed E-state index contributed by atoms with van der Waals surface area (Å²) in [6.45, 7) is 6.49. The summed E-state index contributed by atoms with van der Waals surface area (Å²) in [7, 11) is 1.46. The van der Waals surface area contributed by atoms with E-state index in [9.17, 15) is 4.79 Å². The second-order valence-electron chi connectivity index (χ2n) is 6.16. The Morgan fingerprint density at radius 3 is 2.42 bits per heavy atom. The van der Waals surface area contributed by atoms with Gasteiger partial charge in [0.1, 0.15) is 0 Å². The number of carbonyl (C=O) groups is 1. The van der Waals surface area contributed by atoms with E-state index in [1.165, 1.54) is 12.7 Å². The lowest BCUT2D eigenvalue weighted by molar-refractivity contribution is -0.136. The number of aryl methyl sites for hydroxylation is 1. The molecule has 0 bridgehead atoms. The number of esters is 1. The Labute approximate surface area is 115 Å². The maximum atomic E-state index is 12.0. The average molecular weight is 258 g/mol. The standard InChI is InChI=1S/C17H22O2/c1-12-5-7-13(8-6-12)14-9-10-17(2,3)11-15(14)16(18)19-4/h5-8H,9-11H2,1-4H3. The summed E-state index contributed by atoms with van der Waals surface area (Å²) in [6.07, 6.45) is 2.85. The molecular formula is C17H22O2. The van der Waals surface area contributed by atoms with Crippen LogP contribution in [0.4, 0.5) is 0 Å². The molecule has 0 fully saturated rings. The van der Waals surface area contributed by atoms with Gasteiger partial charge in [0.05, 0.1) is 7.11 Å². The van der Waals surface area contributed by atoms with Crippen LogP contribution >= 0.6 is 0 Å². The second kappa shape index (κ2) is 5.20. The van der Waals surface area contributed by atoms with Crippen LogP contribution in [0.2, 0.25) is 0 Å². The van der Waals surface area contributed by atoms with Gasteiger partial charge in [-0.25, -0.2) is 4.79 Å². The maximum absolute atomic E-state index is 12.0. The fraction of sp³-hybridized carbons (Fsp3) is 0.471. The van der Waals surface area contributed by atoms with E-state index in [2.05, 4.69) is 45.0 Å². The minimum absolute atomic E-state index is 0.177. The van der Waals surface area contributed by atoms with E-state index in [-0.39, 0.29) is 11.4 Å². The molecule has 0 saturated heterocycles. The topological polar surface area (TPSA) is 26.3 Å². The van der Waals surface area contributed by atoms with Gasteiger partial charge in [-0.3, -0.25) is 0 Å². The van der Waals surface area contributed by atoms with E-state index >= 15 is 0 Å². The third kappa shape index (κ3) is 3.06. The third-order valence-electron chi connectivity index (χ3n) is 3.90. The van der Waals surface area contributed by atoms with Crippen molar-refractivity contribution in [3.63, 3.8) is 0 Å². The Kier molecular flexibility index (Phi) is 3.79. The molecule has 0 saturated carbocycles. The first-order chi connectivity index (χ1) is 8.93. The number of methoxy groups -OCH3 is 1. The molecule has 0 atom stereocenters. The van der Waals surface area contributed by atoms with Crippen molar-refractivity contribution in [2.24, 2.45) is 5.41 Å². The van der Waals surface area contributed by atoms with Gasteiger partial charge in [0, 0.05) is 5.57 Å². The normalized spacial score (nSPS) is 18.3. The van der Waals surface area contributed by atoms with Gasteiger partial charge in [-0.15, -0.1) is 0 Å². The van der Waals surface area contributed by atoms with Crippen molar-refractivity contribution in [1.82, 2.24) is 0 Å². The number of hydrogen-bond acceptors (Lipinski definition) is 2. The maximum Gasteiger partial charge on any atom is 0.334 e. The van der Waals surface area contributed by atoms with Crippen molar-refractivity contribution in [3.8, 4) is 0 Å². The van der Waals surface area contributed by atoms with Crippen LogP contribution in [0, 0.1) is 12.3 Å².